The second-order valence-electron chi connectivity index (χ2n) is 7.32. The molecule has 1 saturated heterocycles. The molecular weight excluding hydrogens is 372 g/mol. The van der Waals surface area contributed by atoms with Gasteiger partial charge in [0.1, 0.15) is 11.6 Å². The maximum atomic E-state index is 12.7. The summed E-state index contributed by atoms with van der Waals surface area (Å²) in [7, 11) is 0. The van der Waals surface area contributed by atoms with E-state index in [0.717, 1.165) is 43.1 Å². The first kappa shape index (κ1) is 19.4. The molecule has 0 unspecified atom stereocenters. The molecule has 4 heterocycles. The van der Waals surface area contributed by atoms with Crippen LogP contribution in [0.4, 0.5) is 0 Å². The van der Waals surface area contributed by atoms with Crippen LogP contribution in [0.5, 0.6) is 0 Å². The number of hydrogen-bond acceptors (Lipinski definition) is 6. The highest BCUT2D eigenvalue weighted by atomic mass is 16.5. The van der Waals surface area contributed by atoms with Crippen molar-refractivity contribution >= 4 is 5.91 Å². The van der Waals surface area contributed by atoms with Gasteiger partial charge in [0.05, 0.1) is 6.54 Å². The number of aryl methyl sites for hydroxylation is 2. The van der Waals surface area contributed by atoms with E-state index in [4.69, 9.17) is 9.26 Å². The molecule has 3 aromatic heterocycles. The third-order valence-corrected chi connectivity index (χ3v) is 5.37. The van der Waals surface area contributed by atoms with E-state index in [2.05, 4.69) is 25.1 Å². The highest BCUT2D eigenvalue weighted by Crippen LogP contribution is 2.26. The Hall–Kier alpha value is -2.94. The molecule has 3 aromatic rings. The fourth-order valence-electron chi connectivity index (χ4n) is 3.73. The van der Waals surface area contributed by atoms with Gasteiger partial charge in [0.15, 0.2) is 5.69 Å². The number of imidazole rings is 1. The van der Waals surface area contributed by atoms with Crippen molar-refractivity contribution in [2.24, 2.45) is 0 Å². The zero-order valence-electron chi connectivity index (χ0n) is 16.8. The standard InChI is InChI=1S/C20H26N6O3/c1-14-12-22-19(16-4-10-28-11-5-16)26(14)9-7-21-20(27)18-17(15(2)29-24-18)13-25-8-3-6-23-25/h3,6,8,12,16H,4-5,7,9-11,13H2,1-2H3,(H,21,27). The fourth-order valence-corrected chi connectivity index (χ4v) is 3.73. The van der Waals surface area contributed by atoms with Gasteiger partial charge in [0.2, 0.25) is 0 Å². The van der Waals surface area contributed by atoms with Crippen molar-refractivity contribution in [3.8, 4) is 0 Å². The van der Waals surface area contributed by atoms with E-state index < -0.39 is 0 Å². The molecule has 0 aromatic carbocycles. The van der Waals surface area contributed by atoms with Crippen LogP contribution in [-0.4, -0.2) is 50.2 Å². The lowest BCUT2D eigenvalue weighted by atomic mass is 9.99. The molecule has 0 aliphatic carbocycles. The highest BCUT2D eigenvalue weighted by molar-refractivity contribution is 5.93. The average Bonchev–Trinajstić information content (AvgIpc) is 3.46. The minimum absolute atomic E-state index is 0.241. The molecule has 1 aliphatic heterocycles. The van der Waals surface area contributed by atoms with Crippen molar-refractivity contribution in [1.29, 1.82) is 0 Å². The Labute approximate surface area is 169 Å². The minimum atomic E-state index is -0.241. The van der Waals surface area contributed by atoms with Gasteiger partial charge in [-0.2, -0.15) is 5.10 Å². The van der Waals surface area contributed by atoms with Crippen LogP contribution >= 0.6 is 0 Å². The number of rotatable bonds is 7. The van der Waals surface area contributed by atoms with E-state index in [-0.39, 0.29) is 5.91 Å². The smallest absolute Gasteiger partial charge is 0.273 e. The molecule has 1 fully saturated rings. The van der Waals surface area contributed by atoms with Crippen LogP contribution in [-0.2, 0) is 17.8 Å². The summed E-state index contributed by atoms with van der Waals surface area (Å²) in [5, 5.41) is 11.1. The summed E-state index contributed by atoms with van der Waals surface area (Å²) in [6, 6.07) is 1.84. The molecule has 0 radical (unpaired) electrons. The number of nitrogens with zero attached hydrogens (tertiary/aromatic N) is 5. The van der Waals surface area contributed by atoms with Gasteiger partial charge in [-0.25, -0.2) is 4.98 Å². The van der Waals surface area contributed by atoms with Crippen LogP contribution < -0.4 is 5.32 Å². The van der Waals surface area contributed by atoms with Gasteiger partial charge in [-0.1, -0.05) is 5.16 Å². The van der Waals surface area contributed by atoms with E-state index in [1.165, 1.54) is 0 Å². The fraction of sp³-hybridized carbons (Fsp3) is 0.500. The Morgan fingerprint density at radius 2 is 2.14 bits per heavy atom. The van der Waals surface area contributed by atoms with Crippen LogP contribution in [0.3, 0.4) is 0 Å². The summed E-state index contributed by atoms with van der Waals surface area (Å²) in [6.07, 6.45) is 7.41. The molecule has 9 nitrogen and oxygen atoms in total. The normalized spacial score (nSPS) is 15.0. The first-order valence-corrected chi connectivity index (χ1v) is 9.94. The molecule has 0 bridgehead atoms. The van der Waals surface area contributed by atoms with Gasteiger partial charge >= 0.3 is 0 Å². The van der Waals surface area contributed by atoms with E-state index in [1.807, 2.05) is 25.4 Å². The van der Waals surface area contributed by atoms with Gasteiger partial charge in [-0.05, 0) is 32.8 Å². The Kier molecular flexibility index (Phi) is 5.75. The zero-order chi connectivity index (χ0) is 20.2. The largest absolute Gasteiger partial charge is 0.381 e. The molecule has 1 amide bonds. The van der Waals surface area contributed by atoms with Crippen molar-refractivity contribution in [3.05, 3.63) is 53.2 Å². The monoisotopic (exact) mass is 398 g/mol. The minimum Gasteiger partial charge on any atom is -0.381 e. The second kappa shape index (κ2) is 8.60. The quantitative estimate of drug-likeness (QED) is 0.654. The number of carbonyl (C=O) groups excluding carboxylic acids is 1. The summed E-state index contributed by atoms with van der Waals surface area (Å²) in [5.41, 5.74) is 2.15. The predicted molar refractivity (Wildman–Crippen MR) is 105 cm³/mol. The third kappa shape index (κ3) is 4.24. The van der Waals surface area contributed by atoms with E-state index in [1.54, 1.807) is 17.8 Å². The van der Waals surface area contributed by atoms with Gasteiger partial charge in [0.25, 0.3) is 5.91 Å². The van der Waals surface area contributed by atoms with Crippen LogP contribution in [0, 0.1) is 13.8 Å². The molecule has 29 heavy (non-hydrogen) atoms. The molecule has 0 saturated carbocycles. The van der Waals surface area contributed by atoms with Gasteiger partial charge in [0, 0.05) is 62.1 Å². The summed E-state index contributed by atoms with van der Waals surface area (Å²) in [4.78, 5) is 17.3. The van der Waals surface area contributed by atoms with Crippen molar-refractivity contribution in [3.63, 3.8) is 0 Å². The lowest BCUT2D eigenvalue weighted by Gasteiger charge is -2.23. The maximum Gasteiger partial charge on any atom is 0.273 e. The molecule has 1 aliphatic rings. The first-order valence-electron chi connectivity index (χ1n) is 9.94. The van der Waals surface area contributed by atoms with Crippen LogP contribution in [0.1, 0.15) is 52.1 Å². The van der Waals surface area contributed by atoms with Crippen LogP contribution in [0.15, 0.2) is 29.2 Å². The first-order chi connectivity index (χ1) is 14.1. The Bertz CT molecular complexity index is 953. The molecule has 0 spiro atoms. The van der Waals surface area contributed by atoms with Crippen LogP contribution in [0.2, 0.25) is 0 Å². The zero-order valence-corrected chi connectivity index (χ0v) is 16.8. The molecule has 1 N–H and O–H groups in total. The summed E-state index contributed by atoms with van der Waals surface area (Å²) >= 11 is 0. The number of aromatic nitrogens is 5. The lowest BCUT2D eigenvalue weighted by molar-refractivity contribution is 0.0827. The van der Waals surface area contributed by atoms with E-state index in [0.29, 0.717) is 37.0 Å². The van der Waals surface area contributed by atoms with E-state index >= 15 is 0 Å². The summed E-state index contributed by atoms with van der Waals surface area (Å²) < 4.78 is 14.7. The molecular formula is C20H26N6O3. The highest BCUT2D eigenvalue weighted by Gasteiger charge is 2.23. The number of ether oxygens (including phenoxy) is 1. The van der Waals surface area contributed by atoms with E-state index in [9.17, 15) is 4.79 Å². The van der Waals surface area contributed by atoms with Gasteiger partial charge in [-0.3, -0.25) is 9.48 Å². The molecule has 4 rings (SSSR count). The van der Waals surface area contributed by atoms with Crippen molar-refractivity contribution in [2.45, 2.75) is 45.7 Å². The van der Waals surface area contributed by atoms with Crippen molar-refractivity contribution in [1.82, 2.24) is 29.8 Å². The SMILES string of the molecule is Cc1onc(C(=O)NCCn2c(C)cnc2C2CCOCC2)c1Cn1cccn1. The Morgan fingerprint density at radius 1 is 1.31 bits per heavy atom. The topological polar surface area (TPSA) is 100 Å². The average molecular weight is 398 g/mol. The Balaban J connectivity index is 1.39. The van der Waals surface area contributed by atoms with Gasteiger partial charge in [-0.15, -0.1) is 0 Å². The lowest BCUT2D eigenvalue weighted by Crippen LogP contribution is -2.29. The summed E-state index contributed by atoms with van der Waals surface area (Å²) in [5.74, 6) is 1.87. The van der Waals surface area contributed by atoms with Crippen molar-refractivity contribution < 1.29 is 14.1 Å². The summed E-state index contributed by atoms with van der Waals surface area (Å²) in [6.45, 7) is 6.99. The van der Waals surface area contributed by atoms with Crippen molar-refractivity contribution in [2.75, 3.05) is 19.8 Å². The number of nitrogens with one attached hydrogen (secondary N) is 1. The maximum absolute atomic E-state index is 12.7. The second-order valence-corrected chi connectivity index (χ2v) is 7.32. The molecule has 154 valence electrons. The number of amides is 1. The third-order valence-electron chi connectivity index (χ3n) is 5.37. The number of hydrogen-bond donors (Lipinski definition) is 1. The van der Waals surface area contributed by atoms with Gasteiger partial charge < -0.3 is 19.1 Å². The number of carbonyl (C=O) groups is 1. The molecule has 0 atom stereocenters. The molecule has 9 heteroatoms. The Morgan fingerprint density at radius 3 is 2.90 bits per heavy atom. The van der Waals surface area contributed by atoms with Crippen LogP contribution in [0.25, 0.3) is 0 Å². The predicted octanol–water partition coefficient (Wildman–Crippen LogP) is 2.06.